The molecular weight excluding hydrogens is 340 g/mol. The number of hydrogen-bond donors (Lipinski definition) is 0. The van der Waals surface area contributed by atoms with Crippen molar-refractivity contribution in [3.05, 3.63) is 16.5 Å². The Balaban J connectivity index is 2.12. The van der Waals surface area contributed by atoms with Gasteiger partial charge >= 0.3 is 6.09 Å². The van der Waals surface area contributed by atoms with Gasteiger partial charge in [0.2, 0.25) is 0 Å². The molecule has 0 unspecified atom stereocenters. The number of nitrogens with zero attached hydrogens (tertiary/aromatic N) is 4. The van der Waals surface area contributed by atoms with Gasteiger partial charge in [0.1, 0.15) is 22.4 Å². The van der Waals surface area contributed by atoms with Crippen LogP contribution in [0.3, 0.4) is 0 Å². The average molecular weight is 369 g/mol. The monoisotopic (exact) mass is 368 g/mol. The van der Waals surface area contributed by atoms with E-state index in [1.54, 1.807) is 4.90 Å². The average Bonchev–Trinajstić information content (AvgIpc) is 2.75. The molecule has 140 valence electrons. The van der Waals surface area contributed by atoms with Crippen LogP contribution in [0.5, 0.6) is 0 Å². The number of anilines is 1. The third-order valence-corrected chi connectivity index (χ3v) is 4.40. The lowest BCUT2D eigenvalue weighted by Gasteiger charge is -2.27. The number of aryl methyl sites for hydroxylation is 1. The minimum absolute atomic E-state index is 0.251. The van der Waals surface area contributed by atoms with Gasteiger partial charge in [0.05, 0.1) is 0 Å². The summed E-state index contributed by atoms with van der Waals surface area (Å²) in [5.74, 6) is 1.66. The molecule has 0 N–H and O–H groups in total. The molecule has 1 aliphatic heterocycles. The fourth-order valence-electron chi connectivity index (χ4n) is 2.80. The van der Waals surface area contributed by atoms with Crippen LogP contribution in [0.15, 0.2) is 0 Å². The van der Waals surface area contributed by atoms with E-state index in [-0.39, 0.29) is 6.09 Å². The van der Waals surface area contributed by atoms with E-state index in [1.165, 1.54) is 0 Å². The fraction of sp³-hybridized carbons (Fsp3) is 0.722. The Kier molecular flexibility index (Phi) is 6.49. The van der Waals surface area contributed by atoms with Gasteiger partial charge in [0, 0.05) is 38.2 Å². The molecule has 0 aliphatic carbocycles. The summed E-state index contributed by atoms with van der Waals surface area (Å²) < 4.78 is 5.49. The van der Waals surface area contributed by atoms with Gasteiger partial charge in [-0.05, 0) is 40.5 Å². The van der Waals surface area contributed by atoms with Crippen LogP contribution in [0.2, 0.25) is 5.15 Å². The maximum atomic E-state index is 12.3. The van der Waals surface area contributed by atoms with Gasteiger partial charge in [-0.3, -0.25) is 0 Å². The lowest BCUT2D eigenvalue weighted by atomic mass is 10.2. The van der Waals surface area contributed by atoms with Crippen LogP contribution in [-0.2, 0) is 11.2 Å². The molecule has 1 aromatic rings. The first-order chi connectivity index (χ1) is 11.7. The standard InChI is InChI=1S/C18H29ClN4O2/c1-6-8-14-20-15(19)13(2)16(21-14)22-9-7-10-23(12-11-22)17(24)25-18(3,4)5/h6-12H2,1-5H3. The molecular formula is C18H29ClN4O2. The van der Waals surface area contributed by atoms with Crippen molar-refractivity contribution in [3.63, 3.8) is 0 Å². The first kappa shape index (κ1) is 19.8. The fourth-order valence-corrected chi connectivity index (χ4v) is 2.98. The molecule has 1 fully saturated rings. The van der Waals surface area contributed by atoms with E-state index >= 15 is 0 Å². The molecule has 2 heterocycles. The van der Waals surface area contributed by atoms with E-state index in [4.69, 9.17) is 21.3 Å². The van der Waals surface area contributed by atoms with Gasteiger partial charge < -0.3 is 14.5 Å². The highest BCUT2D eigenvalue weighted by atomic mass is 35.5. The Morgan fingerprint density at radius 1 is 1.20 bits per heavy atom. The normalized spacial score (nSPS) is 15.9. The van der Waals surface area contributed by atoms with Crippen molar-refractivity contribution in [2.75, 3.05) is 31.1 Å². The zero-order chi connectivity index (χ0) is 18.6. The Morgan fingerprint density at radius 3 is 2.56 bits per heavy atom. The second-order valence-electron chi connectivity index (χ2n) is 7.44. The third-order valence-electron chi connectivity index (χ3n) is 4.03. The maximum Gasteiger partial charge on any atom is 0.410 e. The highest BCUT2D eigenvalue weighted by Gasteiger charge is 2.25. The van der Waals surface area contributed by atoms with Gasteiger partial charge in [0.15, 0.2) is 0 Å². The number of aromatic nitrogens is 2. The Hall–Kier alpha value is -1.56. The summed E-state index contributed by atoms with van der Waals surface area (Å²) in [7, 11) is 0. The summed E-state index contributed by atoms with van der Waals surface area (Å²) in [5.41, 5.74) is 0.418. The van der Waals surface area contributed by atoms with Crippen LogP contribution >= 0.6 is 11.6 Å². The largest absolute Gasteiger partial charge is 0.444 e. The Morgan fingerprint density at radius 2 is 1.92 bits per heavy atom. The molecule has 25 heavy (non-hydrogen) atoms. The highest BCUT2D eigenvalue weighted by Crippen LogP contribution is 2.25. The molecule has 0 radical (unpaired) electrons. The van der Waals surface area contributed by atoms with Crippen molar-refractivity contribution in [3.8, 4) is 0 Å². The zero-order valence-electron chi connectivity index (χ0n) is 15.9. The van der Waals surface area contributed by atoms with Crippen molar-refractivity contribution in [1.29, 1.82) is 0 Å². The van der Waals surface area contributed by atoms with Gasteiger partial charge in [-0.1, -0.05) is 18.5 Å². The summed E-state index contributed by atoms with van der Waals surface area (Å²) in [4.78, 5) is 25.4. The Bertz CT molecular complexity index is 616. The van der Waals surface area contributed by atoms with Crippen molar-refractivity contribution in [1.82, 2.24) is 14.9 Å². The molecule has 0 spiro atoms. The van der Waals surface area contributed by atoms with Gasteiger partial charge in [-0.25, -0.2) is 14.8 Å². The predicted molar refractivity (Wildman–Crippen MR) is 100 cm³/mol. The van der Waals surface area contributed by atoms with Crippen molar-refractivity contribution in [2.45, 2.75) is 59.5 Å². The van der Waals surface area contributed by atoms with E-state index in [1.807, 2.05) is 27.7 Å². The first-order valence-corrected chi connectivity index (χ1v) is 9.35. The molecule has 1 aliphatic rings. The van der Waals surface area contributed by atoms with Crippen molar-refractivity contribution in [2.24, 2.45) is 0 Å². The van der Waals surface area contributed by atoms with Crippen molar-refractivity contribution < 1.29 is 9.53 Å². The van der Waals surface area contributed by atoms with Crippen LogP contribution in [0.1, 0.15) is 51.9 Å². The van der Waals surface area contributed by atoms with E-state index in [0.717, 1.165) is 43.0 Å². The maximum absolute atomic E-state index is 12.3. The van der Waals surface area contributed by atoms with Crippen LogP contribution in [0.25, 0.3) is 0 Å². The number of amides is 1. The smallest absolute Gasteiger partial charge is 0.410 e. The Labute approximate surface area is 155 Å². The summed E-state index contributed by atoms with van der Waals surface area (Å²) in [6, 6.07) is 0. The zero-order valence-corrected chi connectivity index (χ0v) is 16.7. The number of carbonyl (C=O) groups is 1. The lowest BCUT2D eigenvalue weighted by Crippen LogP contribution is -2.39. The molecule has 6 nitrogen and oxygen atoms in total. The number of carbonyl (C=O) groups excluding carboxylic acids is 1. The highest BCUT2D eigenvalue weighted by molar-refractivity contribution is 6.30. The number of ether oxygens (including phenoxy) is 1. The van der Waals surface area contributed by atoms with Gasteiger partial charge in [-0.2, -0.15) is 0 Å². The SMILES string of the molecule is CCCc1nc(Cl)c(C)c(N2CCCN(C(=O)OC(C)(C)C)CC2)n1. The molecule has 0 atom stereocenters. The molecule has 0 saturated carbocycles. The minimum atomic E-state index is -0.477. The molecule has 2 rings (SSSR count). The molecule has 7 heteroatoms. The van der Waals surface area contributed by atoms with Crippen LogP contribution < -0.4 is 4.90 Å². The second-order valence-corrected chi connectivity index (χ2v) is 7.80. The quantitative estimate of drug-likeness (QED) is 0.758. The summed E-state index contributed by atoms with van der Waals surface area (Å²) >= 11 is 6.30. The van der Waals surface area contributed by atoms with Gasteiger partial charge in [-0.15, -0.1) is 0 Å². The molecule has 1 saturated heterocycles. The van der Waals surface area contributed by atoms with E-state index in [2.05, 4.69) is 16.8 Å². The van der Waals surface area contributed by atoms with Crippen LogP contribution in [0, 0.1) is 6.92 Å². The van der Waals surface area contributed by atoms with Crippen molar-refractivity contribution >= 4 is 23.5 Å². The van der Waals surface area contributed by atoms with E-state index in [0.29, 0.717) is 24.8 Å². The third kappa shape index (κ3) is 5.46. The first-order valence-electron chi connectivity index (χ1n) is 8.97. The number of hydrogen-bond acceptors (Lipinski definition) is 5. The number of halogens is 1. The minimum Gasteiger partial charge on any atom is -0.444 e. The van der Waals surface area contributed by atoms with Crippen LogP contribution in [-0.4, -0.2) is 52.7 Å². The lowest BCUT2D eigenvalue weighted by molar-refractivity contribution is 0.0263. The van der Waals surface area contributed by atoms with Gasteiger partial charge in [0.25, 0.3) is 0 Å². The summed E-state index contributed by atoms with van der Waals surface area (Å²) in [6.45, 7) is 12.5. The van der Waals surface area contributed by atoms with E-state index < -0.39 is 5.60 Å². The topological polar surface area (TPSA) is 58.6 Å². The van der Waals surface area contributed by atoms with Crippen LogP contribution in [0.4, 0.5) is 10.6 Å². The molecule has 0 aromatic carbocycles. The summed E-state index contributed by atoms with van der Waals surface area (Å²) in [6.07, 6.45) is 2.40. The molecule has 0 bridgehead atoms. The molecule has 1 amide bonds. The number of rotatable bonds is 3. The molecule has 1 aromatic heterocycles. The van der Waals surface area contributed by atoms with E-state index in [9.17, 15) is 4.79 Å². The predicted octanol–water partition coefficient (Wildman–Crippen LogP) is 3.84. The summed E-state index contributed by atoms with van der Waals surface area (Å²) in [5, 5.41) is 0.515. The second kappa shape index (κ2) is 8.21.